The SMILES string of the molecule is CC(C)(Cc1ccc2c(c1)OCO2)N=C(OCc1ccccc1)C(O)c1ccccc1. The van der Waals surface area contributed by atoms with Crippen molar-refractivity contribution in [2.75, 3.05) is 6.79 Å². The molecule has 0 fully saturated rings. The highest BCUT2D eigenvalue weighted by Crippen LogP contribution is 2.34. The summed E-state index contributed by atoms with van der Waals surface area (Å²) < 4.78 is 16.9. The van der Waals surface area contributed by atoms with Gasteiger partial charge in [0.15, 0.2) is 17.6 Å². The summed E-state index contributed by atoms with van der Waals surface area (Å²) in [5.41, 5.74) is 2.34. The van der Waals surface area contributed by atoms with Crippen LogP contribution in [0.1, 0.15) is 36.6 Å². The minimum atomic E-state index is -0.944. The van der Waals surface area contributed by atoms with Gasteiger partial charge < -0.3 is 19.3 Å². The number of benzene rings is 3. The van der Waals surface area contributed by atoms with E-state index < -0.39 is 11.6 Å². The lowest BCUT2D eigenvalue weighted by Gasteiger charge is -2.24. The van der Waals surface area contributed by atoms with Crippen molar-refractivity contribution in [3.63, 3.8) is 0 Å². The van der Waals surface area contributed by atoms with Gasteiger partial charge in [0.05, 0.1) is 5.54 Å². The average Bonchev–Trinajstić information content (AvgIpc) is 3.25. The Balaban J connectivity index is 1.57. The van der Waals surface area contributed by atoms with E-state index in [-0.39, 0.29) is 6.79 Å². The topological polar surface area (TPSA) is 60.3 Å². The lowest BCUT2D eigenvalue weighted by Crippen LogP contribution is -2.26. The third kappa shape index (κ3) is 5.44. The van der Waals surface area contributed by atoms with Crippen LogP contribution in [0, 0.1) is 0 Å². The first kappa shape index (κ1) is 20.9. The molecule has 1 atom stereocenters. The number of aliphatic imine (C=N–C) groups is 1. The minimum absolute atomic E-state index is 0.251. The van der Waals surface area contributed by atoms with E-state index in [1.165, 1.54) is 0 Å². The third-order valence-corrected chi connectivity index (χ3v) is 5.07. The van der Waals surface area contributed by atoms with Crippen molar-refractivity contribution in [1.82, 2.24) is 0 Å². The van der Waals surface area contributed by atoms with Gasteiger partial charge in [-0.1, -0.05) is 66.7 Å². The zero-order valence-electron chi connectivity index (χ0n) is 17.8. The summed E-state index contributed by atoms with van der Waals surface area (Å²) in [4.78, 5) is 4.86. The molecule has 5 nitrogen and oxygen atoms in total. The van der Waals surface area contributed by atoms with Gasteiger partial charge in [-0.2, -0.15) is 0 Å². The molecule has 160 valence electrons. The highest BCUT2D eigenvalue weighted by molar-refractivity contribution is 5.82. The van der Waals surface area contributed by atoms with E-state index in [0.29, 0.717) is 18.9 Å². The molecular formula is C26H27NO4. The fourth-order valence-corrected chi connectivity index (χ4v) is 3.57. The van der Waals surface area contributed by atoms with E-state index in [4.69, 9.17) is 19.2 Å². The Morgan fingerprint density at radius 3 is 2.35 bits per heavy atom. The molecule has 0 saturated heterocycles. The Morgan fingerprint density at radius 2 is 1.61 bits per heavy atom. The summed E-state index contributed by atoms with van der Waals surface area (Å²) in [5, 5.41) is 11.0. The fraction of sp³-hybridized carbons (Fsp3) is 0.269. The van der Waals surface area contributed by atoms with E-state index in [0.717, 1.165) is 28.2 Å². The number of ether oxygens (including phenoxy) is 3. The van der Waals surface area contributed by atoms with E-state index in [2.05, 4.69) is 0 Å². The van der Waals surface area contributed by atoms with E-state index >= 15 is 0 Å². The van der Waals surface area contributed by atoms with Crippen molar-refractivity contribution in [3.05, 3.63) is 95.6 Å². The molecule has 1 unspecified atom stereocenters. The molecule has 1 aliphatic rings. The van der Waals surface area contributed by atoms with Crippen LogP contribution in [0.25, 0.3) is 0 Å². The lowest BCUT2D eigenvalue weighted by atomic mass is 9.95. The van der Waals surface area contributed by atoms with Gasteiger partial charge >= 0.3 is 0 Å². The molecule has 3 aromatic carbocycles. The standard InChI is InChI=1S/C26H27NO4/c1-26(2,16-20-13-14-22-23(15-20)31-18-30-22)27-25(24(28)21-11-7-4-8-12-21)29-17-19-9-5-3-6-10-19/h3-15,24,28H,16-18H2,1-2H3. The predicted octanol–water partition coefficient (Wildman–Crippen LogP) is 5.09. The largest absolute Gasteiger partial charge is 0.474 e. The Hall–Kier alpha value is -3.31. The summed E-state index contributed by atoms with van der Waals surface area (Å²) in [6.45, 7) is 4.65. The van der Waals surface area contributed by atoms with Crippen LogP contribution in [-0.4, -0.2) is 23.3 Å². The van der Waals surface area contributed by atoms with Gasteiger partial charge in [-0.05, 0) is 49.1 Å². The average molecular weight is 418 g/mol. The molecule has 31 heavy (non-hydrogen) atoms. The zero-order valence-corrected chi connectivity index (χ0v) is 17.8. The van der Waals surface area contributed by atoms with Crippen molar-refractivity contribution >= 4 is 5.90 Å². The smallest absolute Gasteiger partial charge is 0.231 e. The van der Waals surface area contributed by atoms with E-state index in [9.17, 15) is 5.11 Å². The van der Waals surface area contributed by atoms with Crippen LogP contribution in [0.15, 0.2) is 83.9 Å². The molecule has 1 N–H and O–H groups in total. The van der Waals surface area contributed by atoms with Gasteiger partial charge in [0.25, 0.3) is 0 Å². The fourth-order valence-electron chi connectivity index (χ4n) is 3.57. The molecule has 0 amide bonds. The van der Waals surface area contributed by atoms with Crippen molar-refractivity contribution in [2.45, 2.75) is 38.5 Å². The van der Waals surface area contributed by atoms with Crippen molar-refractivity contribution in [1.29, 1.82) is 0 Å². The summed E-state index contributed by atoms with van der Waals surface area (Å²) in [6.07, 6.45) is -0.287. The second-order valence-electron chi connectivity index (χ2n) is 8.21. The van der Waals surface area contributed by atoms with Crippen LogP contribution >= 0.6 is 0 Å². The van der Waals surface area contributed by atoms with Crippen LogP contribution < -0.4 is 9.47 Å². The molecule has 3 aromatic rings. The minimum Gasteiger partial charge on any atom is -0.474 e. The van der Waals surface area contributed by atoms with E-state index in [1.807, 2.05) is 92.7 Å². The monoisotopic (exact) mass is 417 g/mol. The number of rotatable bonds is 7. The number of fused-ring (bicyclic) bond motifs is 1. The Bertz CT molecular complexity index is 1030. The molecule has 5 heteroatoms. The van der Waals surface area contributed by atoms with Crippen molar-refractivity contribution in [2.24, 2.45) is 4.99 Å². The number of hydrogen-bond acceptors (Lipinski definition) is 5. The van der Waals surface area contributed by atoms with Crippen LogP contribution in [-0.2, 0) is 17.8 Å². The predicted molar refractivity (Wildman–Crippen MR) is 120 cm³/mol. The van der Waals surface area contributed by atoms with Crippen molar-refractivity contribution < 1.29 is 19.3 Å². The van der Waals surface area contributed by atoms with Gasteiger partial charge in [0.2, 0.25) is 12.7 Å². The molecule has 0 saturated carbocycles. The maximum Gasteiger partial charge on any atom is 0.231 e. The summed E-state index contributed by atoms with van der Waals surface area (Å²) in [6, 6.07) is 25.2. The van der Waals surface area contributed by atoms with Crippen LogP contribution in [0.4, 0.5) is 0 Å². The van der Waals surface area contributed by atoms with Crippen LogP contribution in [0.2, 0.25) is 0 Å². The molecule has 4 rings (SSSR count). The molecule has 1 aliphatic heterocycles. The molecule has 1 heterocycles. The Kier molecular flexibility index (Phi) is 6.23. The van der Waals surface area contributed by atoms with Crippen LogP contribution in [0.3, 0.4) is 0 Å². The normalized spacial score (nSPS) is 14.4. The van der Waals surface area contributed by atoms with Crippen LogP contribution in [0.5, 0.6) is 11.5 Å². The lowest BCUT2D eigenvalue weighted by molar-refractivity contribution is 0.174. The first-order valence-corrected chi connectivity index (χ1v) is 10.4. The van der Waals surface area contributed by atoms with Gasteiger partial charge in [-0.3, -0.25) is 0 Å². The van der Waals surface area contributed by atoms with Gasteiger partial charge in [0, 0.05) is 0 Å². The zero-order chi connectivity index (χ0) is 21.7. The Morgan fingerprint density at radius 1 is 0.935 bits per heavy atom. The summed E-state index contributed by atoms with van der Waals surface area (Å²) in [7, 11) is 0. The maximum atomic E-state index is 11.0. The maximum absolute atomic E-state index is 11.0. The Labute approximate surface area is 182 Å². The first-order valence-electron chi connectivity index (χ1n) is 10.4. The van der Waals surface area contributed by atoms with Gasteiger partial charge in [0.1, 0.15) is 6.61 Å². The highest BCUT2D eigenvalue weighted by atomic mass is 16.7. The second-order valence-corrected chi connectivity index (χ2v) is 8.21. The second kappa shape index (κ2) is 9.23. The first-order chi connectivity index (χ1) is 15.0. The molecule has 0 radical (unpaired) electrons. The quantitative estimate of drug-likeness (QED) is 0.430. The number of aliphatic hydroxyl groups excluding tert-OH is 1. The van der Waals surface area contributed by atoms with Gasteiger partial charge in [-0.15, -0.1) is 0 Å². The number of aliphatic hydroxyl groups is 1. The highest BCUT2D eigenvalue weighted by Gasteiger charge is 2.25. The third-order valence-electron chi connectivity index (χ3n) is 5.07. The molecule has 0 aromatic heterocycles. The number of hydrogen-bond donors (Lipinski definition) is 1. The summed E-state index contributed by atoms with van der Waals surface area (Å²) >= 11 is 0. The molecular weight excluding hydrogens is 390 g/mol. The van der Waals surface area contributed by atoms with E-state index in [1.54, 1.807) is 0 Å². The summed E-state index contributed by atoms with van der Waals surface area (Å²) in [5.74, 6) is 1.82. The molecule has 0 spiro atoms. The van der Waals surface area contributed by atoms with Gasteiger partial charge in [-0.25, -0.2) is 4.99 Å². The molecule has 0 aliphatic carbocycles. The molecule has 0 bridgehead atoms. The number of nitrogens with zero attached hydrogens (tertiary/aromatic N) is 1. The van der Waals surface area contributed by atoms with Crippen molar-refractivity contribution in [3.8, 4) is 11.5 Å².